The number of hydrogen-bond donors (Lipinski definition) is 2. The monoisotopic (exact) mass is 324 g/mol. The molecule has 0 aliphatic carbocycles. The van der Waals surface area contributed by atoms with Crippen molar-refractivity contribution in [3.8, 4) is 0 Å². The molecule has 0 radical (unpaired) electrons. The average Bonchev–Trinajstić information content (AvgIpc) is 2.46. The molecule has 1 fully saturated rings. The molecule has 22 heavy (non-hydrogen) atoms. The lowest BCUT2D eigenvalue weighted by Crippen LogP contribution is -2.66. The maximum Gasteiger partial charge on any atom is 0.395 e. The molecule has 116 valence electrons. The van der Waals surface area contributed by atoms with E-state index in [9.17, 15) is 24.3 Å². The fraction of sp³-hybridized carbons (Fsp3) is 0.308. The van der Waals surface area contributed by atoms with Crippen LogP contribution in [0.1, 0.15) is 17.3 Å². The molecular weight excluding hydrogens is 312 g/mol. The number of rotatable bonds is 3. The van der Waals surface area contributed by atoms with E-state index in [4.69, 9.17) is 5.11 Å². The molecular formula is C13H12N2O6S. The Kier molecular flexibility index (Phi) is 4.57. The number of β-lactam (4-membered cyclic amide) rings is 1. The van der Waals surface area contributed by atoms with Gasteiger partial charge < -0.3 is 10.2 Å². The Morgan fingerprint density at radius 2 is 2.09 bits per heavy atom. The second kappa shape index (κ2) is 6.24. The van der Waals surface area contributed by atoms with Crippen molar-refractivity contribution in [2.24, 2.45) is 5.92 Å². The summed E-state index contributed by atoms with van der Waals surface area (Å²) in [7, 11) is 0. The van der Waals surface area contributed by atoms with Gasteiger partial charge in [-0.25, -0.2) is 4.79 Å². The zero-order valence-corrected chi connectivity index (χ0v) is 12.2. The molecule has 0 aromatic carbocycles. The Hall–Kier alpha value is -2.26. The fourth-order valence-electron chi connectivity index (χ4n) is 2.04. The van der Waals surface area contributed by atoms with E-state index in [0.717, 1.165) is 0 Å². The first kappa shape index (κ1) is 16.1. The molecule has 1 aliphatic rings. The predicted molar refractivity (Wildman–Crippen MR) is 74.6 cm³/mol. The fourth-order valence-corrected chi connectivity index (χ4v) is 3.31. The van der Waals surface area contributed by atoms with E-state index in [2.05, 4.69) is 4.98 Å². The summed E-state index contributed by atoms with van der Waals surface area (Å²) in [5.41, 5.74) is 0.249. The Morgan fingerprint density at radius 3 is 2.59 bits per heavy atom. The van der Waals surface area contributed by atoms with E-state index < -0.39 is 40.3 Å². The molecule has 0 spiro atoms. The van der Waals surface area contributed by atoms with Gasteiger partial charge in [0, 0.05) is 18.0 Å². The molecule has 2 rings (SSSR count). The number of thioether (sulfide) groups is 1. The summed E-state index contributed by atoms with van der Waals surface area (Å²) in [4.78, 5) is 50.5. The number of imide groups is 1. The van der Waals surface area contributed by atoms with E-state index in [1.807, 2.05) is 0 Å². The number of aliphatic hydroxyl groups is 1. The van der Waals surface area contributed by atoms with Crippen molar-refractivity contribution in [3.05, 3.63) is 30.1 Å². The van der Waals surface area contributed by atoms with Crippen LogP contribution in [-0.4, -0.2) is 54.5 Å². The Morgan fingerprint density at radius 1 is 1.41 bits per heavy atom. The van der Waals surface area contributed by atoms with E-state index in [0.29, 0.717) is 16.7 Å². The van der Waals surface area contributed by atoms with Crippen molar-refractivity contribution in [2.75, 3.05) is 0 Å². The smallest absolute Gasteiger partial charge is 0.395 e. The lowest BCUT2D eigenvalue weighted by molar-refractivity contribution is -0.173. The summed E-state index contributed by atoms with van der Waals surface area (Å²) in [5, 5.41) is 16.8. The third-order valence-electron chi connectivity index (χ3n) is 3.13. The second-order valence-electron chi connectivity index (χ2n) is 4.62. The average molecular weight is 324 g/mol. The normalized spacial score (nSPS) is 21.9. The van der Waals surface area contributed by atoms with E-state index in [1.54, 1.807) is 6.07 Å². The van der Waals surface area contributed by atoms with Crippen LogP contribution >= 0.6 is 11.8 Å². The van der Waals surface area contributed by atoms with Crippen LogP contribution in [0, 0.1) is 5.92 Å². The lowest BCUT2D eigenvalue weighted by Gasteiger charge is -2.44. The summed E-state index contributed by atoms with van der Waals surface area (Å²) in [6, 6.07) is 3.05. The molecule has 8 nitrogen and oxygen atoms in total. The number of pyridine rings is 1. The number of aromatic nitrogens is 1. The number of carboxylic acid groups (broad SMARTS) is 1. The summed E-state index contributed by atoms with van der Waals surface area (Å²) < 4.78 is 0. The number of hydrogen-bond acceptors (Lipinski definition) is 7. The molecule has 0 saturated carbocycles. The van der Waals surface area contributed by atoms with Crippen LogP contribution in [0.15, 0.2) is 24.5 Å². The lowest BCUT2D eigenvalue weighted by atomic mass is 9.93. The van der Waals surface area contributed by atoms with Crippen LogP contribution in [0.2, 0.25) is 0 Å². The molecule has 0 bridgehead atoms. The van der Waals surface area contributed by atoms with E-state index in [1.165, 1.54) is 25.4 Å². The summed E-state index contributed by atoms with van der Waals surface area (Å²) in [5.74, 6) is -5.02. The quantitative estimate of drug-likeness (QED) is 0.575. The van der Waals surface area contributed by atoms with Gasteiger partial charge in [-0.15, -0.1) is 0 Å². The summed E-state index contributed by atoms with van der Waals surface area (Å²) in [6.45, 7) is 1.34. The molecule has 2 N–H and O–H groups in total. The van der Waals surface area contributed by atoms with Gasteiger partial charge in [0.25, 0.3) is 0 Å². The first-order valence-electron chi connectivity index (χ1n) is 6.24. The number of amides is 2. The highest BCUT2D eigenvalue weighted by Crippen LogP contribution is 2.38. The third-order valence-corrected chi connectivity index (χ3v) is 4.33. The molecule has 1 saturated heterocycles. The first-order chi connectivity index (χ1) is 10.3. The molecule has 3 atom stereocenters. The zero-order valence-electron chi connectivity index (χ0n) is 11.4. The highest BCUT2D eigenvalue weighted by molar-refractivity contribution is 8.14. The third kappa shape index (κ3) is 2.85. The van der Waals surface area contributed by atoms with Crippen LogP contribution in [0.3, 0.4) is 0 Å². The van der Waals surface area contributed by atoms with Crippen molar-refractivity contribution in [1.29, 1.82) is 0 Å². The Bertz CT molecular complexity index is 633. The predicted octanol–water partition coefficient (Wildman–Crippen LogP) is -0.269. The zero-order chi connectivity index (χ0) is 16.4. The molecule has 1 aromatic rings. The molecule has 2 amide bonds. The van der Waals surface area contributed by atoms with Gasteiger partial charge in [-0.3, -0.25) is 24.3 Å². The minimum Gasteiger partial charge on any atom is -0.474 e. The Labute approximate surface area is 129 Å². The van der Waals surface area contributed by atoms with Gasteiger partial charge in [0.1, 0.15) is 5.37 Å². The number of carbonyl (C=O) groups is 4. The standard InChI is InChI=1S/C13H12N2O6S/c1-6(16)8-9(17)15(10(18)12(19)20)11(8)22-13(21)7-3-2-4-14-5-7/h2-6,8,11,16H,1H3,(H,19,20)/t6-,8+,11-/m1/s1. The van der Waals surface area contributed by atoms with Crippen LogP contribution < -0.4 is 0 Å². The van der Waals surface area contributed by atoms with Gasteiger partial charge in [0.15, 0.2) is 0 Å². The number of nitrogens with zero attached hydrogens (tertiary/aromatic N) is 2. The summed E-state index contributed by atoms with van der Waals surface area (Å²) in [6.07, 6.45) is 1.69. The Balaban J connectivity index is 2.20. The molecule has 2 heterocycles. The van der Waals surface area contributed by atoms with Gasteiger partial charge in [-0.2, -0.15) is 0 Å². The van der Waals surface area contributed by atoms with Gasteiger partial charge in [-0.05, 0) is 19.1 Å². The van der Waals surface area contributed by atoms with Crippen molar-refractivity contribution >= 4 is 34.7 Å². The molecule has 1 aromatic heterocycles. The number of aliphatic carboxylic acids is 1. The van der Waals surface area contributed by atoms with E-state index in [-0.39, 0.29) is 5.56 Å². The topological polar surface area (TPSA) is 125 Å². The SMILES string of the molecule is C[C@@H](O)[C@H]1C(=O)N(C(=O)C(=O)O)[C@@H]1SC(=O)c1cccnc1. The minimum absolute atomic E-state index is 0.249. The first-order valence-corrected chi connectivity index (χ1v) is 7.12. The van der Waals surface area contributed by atoms with Crippen LogP contribution in [0.4, 0.5) is 0 Å². The largest absolute Gasteiger partial charge is 0.474 e. The summed E-state index contributed by atoms with van der Waals surface area (Å²) >= 11 is 0.616. The number of carboxylic acids is 1. The maximum atomic E-state index is 12.1. The molecule has 9 heteroatoms. The van der Waals surface area contributed by atoms with Gasteiger partial charge >= 0.3 is 11.9 Å². The van der Waals surface area contributed by atoms with E-state index >= 15 is 0 Å². The number of carbonyl (C=O) groups excluding carboxylic acids is 3. The van der Waals surface area contributed by atoms with Crippen LogP contribution in [0.25, 0.3) is 0 Å². The number of likely N-dealkylation sites (tertiary alicyclic amines) is 1. The van der Waals surface area contributed by atoms with Gasteiger partial charge in [-0.1, -0.05) is 11.8 Å². The van der Waals surface area contributed by atoms with Crippen molar-refractivity contribution < 1.29 is 29.4 Å². The number of aliphatic hydroxyl groups excluding tert-OH is 1. The highest BCUT2D eigenvalue weighted by Gasteiger charge is 2.55. The molecule has 1 aliphatic heterocycles. The second-order valence-corrected chi connectivity index (χ2v) is 5.71. The van der Waals surface area contributed by atoms with Crippen molar-refractivity contribution in [3.63, 3.8) is 0 Å². The van der Waals surface area contributed by atoms with Gasteiger partial charge in [0.05, 0.1) is 12.0 Å². The minimum atomic E-state index is -1.79. The van der Waals surface area contributed by atoms with Crippen LogP contribution in [-0.2, 0) is 14.4 Å². The van der Waals surface area contributed by atoms with Gasteiger partial charge in [0.2, 0.25) is 11.0 Å². The van der Waals surface area contributed by atoms with Crippen LogP contribution in [0.5, 0.6) is 0 Å². The maximum absolute atomic E-state index is 12.1. The highest BCUT2D eigenvalue weighted by atomic mass is 32.2. The molecule has 0 unspecified atom stereocenters. The van der Waals surface area contributed by atoms with Crippen molar-refractivity contribution in [2.45, 2.75) is 18.4 Å². The van der Waals surface area contributed by atoms with Crippen molar-refractivity contribution in [1.82, 2.24) is 9.88 Å².